The Morgan fingerprint density at radius 1 is 1.40 bits per heavy atom. The van der Waals surface area contributed by atoms with Gasteiger partial charge in [0.05, 0.1) is 5.69 Å². The minimum atomic E-state index is 1.07. The van der Waals surface area contributed by atoms with Gasteiger partial charge in [0.25, 0.3) is 0 Å². The van der Waals surface area contributed by atoms with E-state index < -0.39 is 0 Å². The summed E-state index contributed by atoms with van der Waals surface area (Å²) in [4.78, 5) is 0. The van der Waals surface area contributed by atoms with Gasteiger partial charge in [-0.05, 0) is 20.8 Å². The molecular weight excluding hydrogens is 124 g/mol. The van der Waals surface area contributed by atoms with Crippen molar-refractivity contribution < 1.29 is 0 Å². The van der Waals surface area contributed by atoms with Crippen LogP contribution in [0, 0.1) is 13.8 Å². The molecule has 0 bridgehead atoms. The Bertz CT molecular complexity index is 226. The molecule has 10 heavy (non-hydrogen) atoms. The van der Waals surface area contributed by atoms with Gasteiger partial charge < -0.3 is 0 Å². The molecule has 0 amide bonds. The molecular formula is C8H12N2. The Kier molecular flexibility index (Phi) is 1.90. The fraction of sp³-hybridized carbons (Fsp3) is 0.375. The van der Waals surface area contributed by atoms with E-state index >= 15 is 0 Å². The quantitative estimate of drug-likeness (QED) is 0.629. The van der Waals surface area contributed by atoms with Crippen LogP contribution in [-0.2, 0) is 0 Å². The molecule has 0 fully saturated rings. The van der Waals surface area contributed by atoms with E-state index in [1.165, 1.54) is 5.56 Å². The molecule has 0 unspecified atom stereocenters. The van der Waals surface area contributed by atoms with Gasteiger partial charge in [-0.3, -0.25) is 5.10 Å². The predicted octanol–water partition coefficient (Wildman–Crippen LogP) is 2.06. The summed E-state index contributed by atoms with van der Waals surface area (Å²) in [5.74, 6) is 0. The van der Waals surface area contributed by atoms with E-state index in [0.717, 1.165) is 11.4 Å². The van der Waals surface area contributed by atoms with Gasteiger partial charge in [-0.2, -0.15) is 5.10 Å². The number of aromatic amines is 1. The van der Waals surface area contributed by atoms with Gasteiger partial charge in [-0.25, -0.2) is 0 Å². The molecule has 1 rings (SSSR count). The number of H-pyrrole nitrogens is 1. The van der Waals surface area contributed by atoms with Crippen LogP contribution < -0.4 is 0 Å². The van der Waals surface area contributed by atoms with Crippen molar-refractivity contribution in [3.05, 3.63) is 23.0 Å². The molecule has 0 spiro atoms. The summed E-state index contributed by atoms with van der Waals surface area (Å²) in [6.45, 7) is 6.03. The largest absolute Gasteiger partial charge is 0.282 e. The van der Waals surface area contributed by atoms with Crippen LogP contribution in [0.3, 0.4) is 0 Å². The Morgan fingerprint density at radius 3 is 2.50 bits per heavy atom. The molecule has 0 atom stereocenters. The van der Waals surface area contributed by atoms with E-state index in [1.54, 1.807) is 0 Å². The highest BCUT2D eigenvalue weighted by Crippen LogP contribution is 2.10. The molecule has 0 aliphatic carbocycles. The third-order valence-electron chi connectivity index (χ3n) is 1.52. The summed E-state index contributed by atoms with van der Waals surface area (Å²) in [6.07, 6.45) is 4.08. The summed E-state index contributed by atoms with van der Waals surface area (Å²) < 4.78 is 0. The Balaban J connectivity index is 3.10. The minimum absolute atomic E-state index is 1.07. The van der Waals surface area contributed by atoms with E-state index in [1.807, 2.05) is 26.8 Å². The molecule has 54 valence electrons. The monoisotopic (exact) mass is 136 g/mol. The third-order valence-corrected chi connectivity index (χ3v) is 1.52. The molecule has 1 aromatic rings. The molecule has 0 saturated heterocycles. The lowest BCUT2D eigenvalue weighted by molar-refractivity contribution is 1.02. The molecule has 0 radical (unpaired) electrons. The topological polar surface area (TPSA) is 28.7 Å². The summed E-state index contributed by atoms with van der Waals surface area (Å²) in [5.41, 5.74) is 3.41. The van der Waals surface area contributed by atoms with Crippen molar-refractivity contribution in [2.24, 2.45) is 0 Å². The van der Waals surface area contributed by atoms with E-state index in [4.69, 9.17) is 0 Å². The first-order chi connectivity index (χ1) is 4.75. The summed E-state index contributed by atoms with van der Waals surface area (Å²) in [7, 11) is 0. The lowest BCUT2D eigenvalue weighted by Crippen LogP contribution is -1.75. The first-order valence-electron chi connectivity index (χ1n) is 3.40. The second-order valence-electron chi connectivity index (χ2n) is 2.35. The van der Waals surface area contributed by atoms with Gasteiger partial charge in [0, 0.05) is 11.3 Å². The smallest absolute Gasteiger partial charge is 0.0666 e. The number of nitrogens with zero attached hydrogens (tertiary/aromatic N) is 1. The standard InChI is InChI=1S/C8H12N2/c1-4-5-8-6(2)9-10-7(8)3/h4-5H,1-3H3,(H,9,10)/b5-4+. The van der Waals surface area contributed by atoms with Crippen LogP contribution in [0.5, 0.6) is 0 Å². The zero-order chi connectivity index (χ0) is 7.56. The third kappa shape index (κ3) is 1.10. The van der Waals surface area contributed by atoms with Crippen molar-refractivity contribution in [2.75, 3.05) is 0 Å². The van der Waals surface area contributed by atoms with Gasteiger partial charge in [0.1, 0.15) is 0 Å². The highest BCUT2D eigenvalue weighted by molar-refractivity contribution is 5.53. The molecule has 1 aromatic heterocycles. The molecule has 2 heteroatoms. The fourth-order valence-corrected chi connectivity index (χ4v) is 0.972. The first-order valence-corrected chi connectivity index (χ1v) is 3.40. The molecule has 0 aromatic carbocycles. The molecule has 0 saturated carbocycles. The number of nitrogens with one attached hydrogen (secondary N) is 1. The highest BCUT2D eigenvalue weighted by Gasteiger charge is 1.99. The number of hydrogen-bond acceptors (Lipinski definition) is 1. The van der Waals surface area contributed by atoms with E-state index in [9.17, 15) is 0 Å². The van der Waals surface area contributed by atoms with Crippen LogP contribution in [0.15, 0.2) is 6.08 Å². The minimum Gasteiger partial charge on any atom is -0.282 e. The van der Waals surface area contributed by atoms with Gasteiger partial charge in [-0.1, -0.05) is 12.2 Å². The number of allylic oxidation sites excluding steroid dienone is 1. The average molecular weight is 136 g/mol. The van der Waals surface area contributed by atoms with Crippen LogP contribution in [0.25, 0.3) is 6.08 Å². The lowest BCUT2D eigenvalue weighted by Gasteiger charge is -1.88. The zero-order valence-corrected chi connectivity index (χ0v) is 6.60. The highest BCUT2D eigenvalue weighted by atomic mass is 15.1. The maximum absolute atomic E-state index is 4.06. The summed E-state index contributed by atoms with van der Waals surface area (Å²) in [5, 5.41) is 6.98. The predicted molar refractivity (Wildman–Crippen MR) is 42.8 cm³/mol. The fourth-order valence-electron chi connectivity index (χ4n) is 0.972. The second kappa shape index (κ2) is 2.69. The number of aryl methyl sites for hydroxylation is 2. The first kappa shape index (κ1) is 7.06. The van der Waals surface area contributed by atoms with Crippen molar-refractivity contribution in [3.8, 4) is 0 Å². The van der Waals surface area contributed by atoms with E-state index in [0.29, 0.717) is 0 Å². The van der Waals surface area contributed by atoms with Gasteiger partial charge >= 0.3 is 0 Å². The number of hydrogen-bond donors (Lipinski definition) is 1. The molecule has 0 aliphatic rings. The number of aromatic nitrogens is 2. The zero-order valence-electron chi connectivity index (χ0n) is 6.60. The SMILES string of the molecule is C/C=C/c1c(C)n[nH]c1C. The van der Waals surface area contributed by atoms with Crippen LogP contribution >= 0.6 is 0 Å². The van der Waals surface area contributed by atoms with Gasteiger partial charge in [0.2, 0.25) is 0 Å². The van der Waals surface area contributed by atoms with Gasteiger partial charge in [-0.15, -0.1) is 0 Å². The van der Waals surface area contributed by atoms with Crippen LogP contribution in [0.4, 0.5) is 0 Å². The normalized spacial score (nSPS) is 11.1. The lowest BCUT2D eigenvalue weighted by atomic mass is 10.2. The van der Waals surface area contributed by atoms with Crippen LogP contribution in [0.2, 0.25) is 0 Å². The Labute approximate surface area is 61.0 Å². The van der Waals surface area contributed by atoms with E-state index in [2.05, 4.69) is 16.3 Å². The van der Waals surface area contributed by atoms with Crippen molar-refractivity contribution in [1.82, 2.24) is 10.2 Å². The molecule has 2 nitrogen and oxygen atoms in total. The van der Waals surface area contributed by atoms with Gasteiger partial charge in [0.15, 0.2) is 0 Å². The van der Waals surface area contributed by atoms with Crippen molar-refractivity contribution in [1.29, 1.82) is 0 Å². The maximum Gasteiger partial charge on any atom is 0.0666 e. The van der Waals surface area contributed by atoms with Crippen LogP contribution in [-0.4, -0.2) is 10.2 Å². The second-order valence-corrected chi connectivity index (χ2v) is 2.35. The molecule has 0 aliphatic heterocycles. The molecule has 1 N–H and O–H groups in total. The summed E-state index contributed by atoms with van der Waals surface area (Å²) in [6, 6.07) is 0. The Hall–Kier alpha value is -1.05. The maximum atomic E-state index is 4.06. The van der Waals surface area contributed by atoms with E-state index in [-0.39, 0.29) is 0 Å². The van der Waals surface area contributed by atoms with Crippen molar-refractivity contribution in [3.63, 3.8) is 0 Å². The van der Waals surface area contributed by atoms with Crippen LogP contribution in [0.1, 0.15) is 23.9 Å². The summed E-state index contributed by atoms with van der Waals surface area (Å²) >= 11 is 0. The van der Waals surface area contributed by atoms with Crippen molar-refractivity contribution >= 4 is 6.08 Å². The average Bonchev–Trinajstić information content (AvgIpc) is 2.20. The Morgan fingerprint density at radius 2 is 2.10 bits per heavy atom. The number of rotatable bonds is 1. The van der Waals surface area contributed by atoms with Crippen molar-refractivity contribution in [2.45, 2.75) is 20.8 Å². The molecule has 1 heterocycles.